The van der Waals surface area contributed by atoms with Gasteiger partial charge in [-0.1, -0.05) is 45.9 Å². The Hall–Kier alpha value is -1.31. The van der Waals surface area contributed by atoms with Gasteiger partial charge in [-0.3, -0.25) is 4.99 Å². The summed E-state index contributed by atoms with van der Waals surface area (Å²) in [5.74, 6) is 0. The molecule has 0 amide bonds. The lowest BCUT2D eigenvalue weighted by Gasteiger charge is -2.31. The third kappa shape index (κ3) is 8.54. The summed E-state index contributed by atoms with van der Waals surface area (Å²) in [6, 6.07) is 0.487. The number of hydrogen-bond acceptors (Lipinski definition) is 2. The van der Waals surface area contributed by atoms with Crippen LogP contribution in [0.5, 0.6) is 0 Å². The van der Waals surface area contributed by atoms with Gasteiger partial charge >= 0.3 is 0 Å². The van der Waals surface area contributed by atoms with Crippen molar-refractivity contribution in [2.75, 3.05) is 6.54 Å². The second-order valence-corrected chi connectivity index (χ2v) is 5.79. The number of hydrogen-bond donors (Lipinski definition) is 0. The van der Waals surface area contributed by atoms with E-state index in [4.69, 9.17) is 0 Å². The molecule has 0 aromatic rings. The van der Waals surface area contributed by atoms with Crippen LogP contribution in [0.2, 0.25) is 0 Å². The van der Waals surface area contributed by atoms with Crippen molar-refractivity contribution in [3.05, 3.63) is 36.2 Å². The third-order valence-corrected chi connectivity index (χ3v) is 3.68. The minimum absolute atomic E-state index is 0.487. The van der Waals surface area contributed by atoms with Gasteiger partial charge in [-0.05, 0) is 45.6 Å². The predicted molar refractivity (Wildman–Crippen MR) is 96.8 cm³/mol. The molecule has 2 nitrogen and oxygen atoms in total. The Morgan fingerprint density at radius 1 is 1.24 bits per heavy atom. The molecule has 0 saturated carbocycles. The highest BCUT2D eigenvalue weighted by Gasteiger charge is 2.13. The van der Waals surface area contributed by atoms with Crippen LogP contribution in [0.1, 0.15) is 66.7 Å². The number of aliphatic imine (C=N–C) groups is 1. The molecule has 1 unspecified atom stereocenters. The van der Waals surface area contributed by atoms with Gasteiger partial charge in [0, 0.05) is 18.0 Å². The number of nitrogens with zero attached hydrogens (tertiary/aromatic N) is 2. The van der Waals surface area contributed by atoms with Crippen LogP contribution in [-0.2, 0) is 0 Å². The lowest BCUT2D eigenvalue weighted by molar-refractivity contribution is 0.274. The molecule has 120 valence electrons. The van der Waals surface area contributed by atoms with Crippen molar-refractivity contribution in [2.24, 2.45) is 4.99 Å². The van der Waals surface area contributed by atoms with Gasteiger partial charge in [0.25, 0.3) is 0 Å². The maximum atomic E-state index is 4.54. The molecular weight excluding hydrogens is 256 g/mol. The van der Waals surface area contributed by atoms with Crippen molar-refractivity contribution < 1.29 is 0 Å². The Bertz CT molecular complexity index is 377. The fraction of sp³-hybridized carbons (Fsp3) is 0.632. The lowest BCUT2D eigenvalue weighted by atomic mass is 10.1. The van der Waals surface area contributed by atoms with Crippen LogP contribution in [0.4, 0.5) is 0 Å². The Morgan fingerprint density at radius 2 is 1.90 bits per heavy atom. The third-order valence-electron chi connectivity index (χ3n) is 3.68. The van der Waals surface area contributed by atoms with Crippen LogP contribution in [0.15, 0.2) is 41.2 Å². The zero-order valence-corrected chi connectivity index (χ0v) is 14.8. The molecule has 0 N–H and O–H groups in total. The first-order valence-electron chi connectivity index (χ1n) is 8.25. The Morgan fingerprint density at radius 3 is 2.38 bits per heavy atom. The van der Waals surface area contributed by atoms with Gasteiger partial charge in [-0.2, -0.15) is 0 Å². The van der Waals surface area contributed by atoms with Crippen LogP contribution in [0.25, 0.3) is 0 Å². The first-order valence-corrected chi connectivity index (χ1v) is 8.25. The van der Waals surface area contributed by atoms with E-state index in [1.54, 1.807) is 0 Å². The summed E-state index contributed by atoms with van der Waals surface area (Å²) in [7, 11) is 0. The van der Waals surface area contributed by atoms with Gasteiger partial charge in [-0.15, -0.1) is 0 Å². The normalized spacial score (nSPS) is 13.5. The minimum Gasteiger partial charge on any atom is -0.367 e. The molecule has 1 atom stereocenters. The minimum atomic E-state index is 0.487. The molecule has 0 bridgehead atoms. The first kappa shape index (κ1) is 19.7. The van der Waals surface area contributed by atoms with E-state index in [0.717, 1.165) is 24.4 Å². The van der Waals surface area contributed by atoms with Crippen molar-refractivity contribution >= 4 is 6.21 Å². The largest absolute Gasteiger partial charge is 0.367 e. The summed E-state index contributed by atoms with van der Waals surface area (Å²) in [4.78, 5) is 6.84. The molecule has 0 aliphatic heterocycles. The van der Waals surface area contributed by atoms with Crippen molar-refractivity contribution in [2.45, 2.75) is 72.8 Å². The maximum Gasteiger partial charge on any atom is 0.0595 e. The first-order chi connectivity index (χ1) is 9.96. The Balaban J connectivity index is 4.59. The van der Waals surface area contributed by atoms with E-state index in [1.807, 2.05) is 6.21 Å². The van der Waals surface area contributed by atoms with Crippen LogP contribution in [-0.4, -0.2) is 23.7 Å². The van der Waals surface area contributed by atoms with E-state index in [9.17, 15) is 0 Å². The van der Waals surface area contributed by atoms with Crippen molar-refractivity contribution in [3.8, 4) is 0 Å². The van der Waals surface area contributed by atoms with Crippen molar-refractivity contribution in [1.29, 1.82) is 0 Å². The monoisotopic (exact) mass is 290 g/mol. The zero-order chi connectivity index (χ0) is 16.3. The van der Waals surface area contributed by atoms with E-state index in [-0.39, 0.29) is 0 Å². The average Bonchev–Trinajstić information content (AvgIpc) is 2.44. The predicted octanol–water partition coefficient (Wildman–Crippen LogP) is 5.73. The maximum absolute atomic E-state index is 4.54. The highest BCUT2D eigenvalue weighted by molar-refractivity contribution is 5.79. The van der Waals surface area contributed by atoms with E-state index in [2.05, 4.69) is 63.7 Å². The van der Waals surface area contributed by atoms with Crippen LogP contribution < -0.4 is 0 Å². The summed E-state index contributed by atoms with van der Waals surface area (Å²) in [6.07, 6.45) is 9.98. The highest BCUT2D eigenvalue weighted by atomic mass is 15.2. The molecule has 0 aliphatic carbocycles. The zero-order valence-electron chi connectivity index (χ0n) is 14.8. The summed E-state index contributed by atoms with van der Waals surface area (Å²) in [5.41, 5.74) is 3.28. The molecule has 21 heavy (non-hydrogen) atoms. The topological polar surface area (TPSA) is 15.6 Å². The number of allylic oxidation sites excluding steroid dienone is 3. The van der Waals surface area contributed by atoms with E-state index in [1.165, 1.54) is 31.3 Å². The van der Waals surface area contributed by atoms with E-state index in [0.29, 0.717) is 6.04 Å². The van der Waals surface area contributed by atoms with E-state index < -0.39 is 0 Å². The molecule has 0 spiro atoms. The molecule has 0 radical (unpaired) electrons. The van der Waals surface area contributed by atoms with Gasteiger partial charge in [0.1, 0.15) is 0 Å². The van der Waals surface area contributed by atoms with Crippen LogP contribution in [0, 0.1) is 0 Å². The van der Waals surface area contributed by atoms with Crippen molar-refractivity contribution in [1.82, 2.24) is 4.90 Å². The summed E-state index contributed by atoms with van der Waals surface area (Å²) in [6.45, 7) is 19.7. The summed E-state index contributed by atoms with van der Waals surface area (Å²) < 4.78 is 0. The fourth-order valence-corrected chi connectivity index (χ4v) is 2.32. The number of rotatable bonds is 11. The molecule has 0 rings (SSSR count). The summed E-state index contributed by atoms with van der Waals surface area (Å²) >= 11 is 0. The van der Waals surface area contributed by atoms with Crippen molar-refractivity contribution in [3.63, 3.8) is 0 Å². The molecular formula is C19H34N2. The molecule has 0 fully saturated rings. The molecule has 0 aromatic heterocycles. The molecule has 2 heteroatoms. The van der Waals surface area contributed by atoms with E-state index >= 15 is 0 Å². The summed E-state index contributed by atoms with van der Waals surface area (Å²) in [5, 5.41) is 0. The molecule has 0 heterocycles. The Kier molecular flexibility index (Phi) is 10.7. The van der Waals surface area contributed by atoms with Gasteiger partial charge in [0.05, 0.1) is 12.2 Å². The molecule has 0 saturated heterocycles. The quantitative estimate of drug-likeness (QED) is 0.444. The lowest BCUT2D eigenvalue weighted by Crippen LogP contribution is -2.32. The van der Waals surface area contributed by atoms with Crippen LogP contribution >= 0.6 is 0 Å². The molecule has 0 aliphatic rings. The highest BCUT2D eigenvalue weighted by Crippen LogP contribution is 2.15. The molecule has 0 aromatic carbocycles. The van der Waals surface area contributed by atoms with Gasteiger partial charge in [0.2, 0.25) is 0 Å². The second kappa shape index (κ2) is 11.4. The second-order valence-electron chi connectivity index (χ2n) is 5.79. The SMILES string of the molecule is C=C(CN(C(=C)C)C(C)CCC)N=C/C(=C\C)CCCC. The fourth-order valence-electron chi connectivity index (χ4n) is 2.32. The number of unbranched alkanes of at least 4 members (excludes halogenated alkanes) is 1. The van der Waals surface area contributed by atoms with Gasteiger partial charge in [-0.25, -0.2) is 0 Å². The average molecular weight is 290 g/mol. The Labute approximate surface area is 132 Å². The standard InChI is InChI=1S/C19H34N2/c1-8-11-13-19(10-3)14-20-17(6)15-21(16(4)5)18(7)12-9-2/h10,14,18H,4,6,8-9,11-13,15H2,1-3,5,7H3/b19-10-,20-14?. The van der Waals surface area contributed by atoms with Crippen LogP contribution in [0.3, 0.4) is 0 Å². The van der Waals surface area contributed by atoms with Gasteiger partial charge < -0.3 is 4.90 Å². The van der Waals surface area contributed by atoms with Gasteiger partial charge in [0.15, 0.2) is 0 Å². The smallest absolute Gasteiger partial charge is 0.0595 e.